The highest BCUT2D eigenvalue weighted by atomic mass is 16.4. The first kappa shape index (κ1) is 16.5. The van der Waals surface area contributed by atoms with Crippen molar-refractivity contribution < 1.29 is 24.6 Å². The molecule has 1 aromatic carbocycles. The molecule has 0 aliphatic heterocycles. The summed E-state index contributed by atoms with van der Waals surface area (Å²) in [6.45, 7) is 2.72. The van der Waals surface area contributed by atoms with E-state index in [0.29, 0.717) is 16.5 Å². The monoisotopic (exact) mass is 294 g/mol. The van der Waals surface area contributed by atoms with Gasteiger partial charge in [0, 0.05) is 5.69 Å². The van der Waals surface area contributed by atoms with Gasteiger partial charge in [0.1, 0.15) is 13.1 Å². The smallest absolute Gasteiger partial charge is 0.323 e. The van der Waals surface area contributed by atoms with Crippen molar-refractivity contribution in [2.45, 2.75) is 19.8 Å². The lowest BCUT2D eigenvalue weighted by atomic mass is 10.0. The molecule has 0 fully saturated rings. The number of carbonyl (C=O) groups is 3. The van der Waals surface area contributed by atoms with Gasteiger partial charge in [-0.2, -0.15) is 0 Å². The van der Waals surface area contributed by atoms with Crippen LogP contribution in [0.3, 0.4) is 0 Å². The standard InChI is InChI=1S/C14H18N2O5/c1-9(2)10-3-5-11(6-4-10)15-14(21)16(7-12(17)18)8-13(19)20/h3-6,9H,7-8H2,1-2H3,(H,15,21)(H,17,18)(H,19,20). The second-order valence-corrected chi connectivity index (χ2v) is 4.85. The van der Waals surface area contributed by atoms with E-state index in [1.807, 2.05) is 26.0 Å². The molecule has 0 spiro atoms. The topological polar surface area (TPSA) is 107 Å². The second-order valence-electron chi connectivity index (χ2n) is 4.85. The Morgan fingerprint density at radius 1 is 1.05 bits per heavy atom. The molecular weight excluding hydrogens is 276 g/mol. The first-order chi connectivity index (χ1) is 9.79. The van der Waals surface area contributed by atoms with Crippen molar-refractivity contribution in [1.82, 2.24) is 4.90 Å². The highest BCUT2D eigenvalue weighted by Crippen LogP contribution is 2.17. The molecule has 0 saturated carbocycles. The Morgan fingerprint density at radius 2 is 1.52 bits per heavy atom. The van der Waals surface area contributed by atoms with Crippen molar-refractivity contribution in [1.29, 1.82) is 0 Å². The maximum atomic E-state index is 11.9. The van der Waals surface area contributed by atoms with Gasteiger partial charge in [-0.05, 0) is 23.6 Å². The fourth-order valence-corrected chi connectivity index (χ4v) is 1.68. The third kappa shape index (κ3) is 5.52. The lowest BCUT2D eigenvalue weighted by Crippen LogP contribution is -2.41. The number of hydrogen-bond donors (Lipinski definition) is 3. The maximum Gasteiger partial charge on any atom is 0.323 e. The molecule has 7 nitrogen and oxygen atoms in total. The summed E-state index contributed by atoms with van der Waals surface area (Å²) < 4.78 is 0. The number of carbonyl (C=O) groups excluding carboxylic acids is 1. The van der Waals surface area contributed by atoms with Gasteiger partial charge in [0.15, 0.2) is 0 Å². The highest BCUT2D eigenvalue weighted by molar-refractivity contribution is 5.93. The Labute approximate surface area is 122 Å². The molecule has 0 aliphatic carbocycles. The molecule has 0 bridgehead atoms. The normalized spacial score (nSPS) is 10.2. The molecule has 0 unspecified atom stereocenters. The van der Waals surface area contributed by atoms with Gasteiger partial charge in [-0.1, -0.05) is 26.0 Å². The third-order valence-electron chi connectivity index (χ3n) is 2.77. The van der Waals surface area contributed by atoms with Crippen LogP contribution in [0.1, 0.15) is 25.3 Å². The number of anilines is 1. The molecule has 0 aromatic heterocycles. The van der Waals surface area contributed by atoms with E-state index in [0.717, 1.165) is 5.56 Å². The summed E-state index contributed by atoms with van der Waals surface area (Å²) >= 11 is 0. The summed E-state index contributed by atoms with van der Waals surface area (Å²) in [4.78, 5) is 33.9. The molecule has 0 saturated heterocycles. The van der Waals surface area contributed by atoms with Crippen molar-refractivity contribution in [3.05, 3.63) is 29.8 Å². The summed E-state index contributed by atoms with van der Waals surface area (Å²) in [5.74, 6) is -2.20. The van der Waals surface area contributed by atoms with Gasteiger partial charge in [0.25, 0.3) is 0 Å². The number of amides is 2. The fraction of sp³-hybridized carbons (Fsp3) is 0.357. The molecule has 21 heavy (non-hydrogen) atoms. The highest BCUT2D eigenvalue weighted by Gasteiger charge is 2.19. The minimum atomic E-state index is -1.28. The maximum absolute atomic E-state index is 11.9. The quantitative estimate of drug-likeness (QED) is 0.741. The zero-order valence-corrected chi connectivity index (χ0v) is 11.9. The van der Waals surface area contributed by atoms with Crippen LogP contribution in [0.5, 0.6) is 0 Å². The summed E-state index contributed by atoms with van der Waals surface area (Å²) in [6, 6.07) is 6.30. The van der Waals surface area contributed by atoms with Crippen LogP contribution < -0.4 is 5.32 Å². The molecular formula is C14H18N2O5. The predicted octanol–water partition coefficient (Wildman–Crippen LogP) is 1.81. The van der Waals surface area contributed by atoms with Crippen LogP contribution in [0.4, 0.5) is 10.5 Å². The number of nitrogens with zero attached hydrogens (tertiary/aromatic N) is 1. The van der Waals surface area contributed by atoms with Crippen molar-refractivity contribution in [3.8, 4) is 0 Å². The van der Waals surface area contributed by atoms with E-state index in [-0.39, 0.29) is 0 Å². The number of rotatable bonds is 6. The van der Waals surface area contributed by atoms with Crippen LogP contribution in [-0.4, -0.2) is 46.2 Å². The molecule has 0 heterocycles. The van der Waals surface area contributed by atoms with Gasteiger partial charge in [-0.15, -0.1) is 0 Å². The molecule has 3 N–H and O–H groups in total. The van der Waals surface area contributed by atoms with Gasteiger partial charge in [0.2, 0.25) is 0 Å². The van der Waals surface area contributed by atoms with E-state index >= 15 is 0 Å². The molecule has 1 aromatic rings. The van der Waals surface area contributed by atoms with E-state index in [1.165, 1.54) is 0 Å². The Morgan fingerprint density at radius 3 is 1.90 bits per heavy atom. The van der Waals surface area contributed by atoms with Gasteiger partial charge >= 0.3 is 18.0 Å². The average Bonchev–Trinajstić information content (AvgIpc) is 2.37. The third-order valence-corrected chi connectivity index (χ3v) is 2.77. The number of hydrogen-bond acceptors (Lipinski definition) is 3. The fourth-order valence-electron chi connectivity index (χ4n) is 1.68. The van der Waals surface area contributed by atoms with E-state index in [9.17, 15) is 14.4 Å². The van der Waals surface area contributed by atoms with Crippen molar-refractivity contribution in [3.63, 3.8) is 0 Å². The number of urea groups is 1. The summed E-state index contributed by atoms with van der Waals surface area (Å²) in [7, 11) is 0. The Bertz CT molecular complexity index is 509. The van der Waals surface area contributed by atoms with Gasteiger partial charge in [0.05, 0.1) is 0 Å². The number of carboxylic acid groups (broad SMARTS) is 2. The number of carboxylic acids is 2. The van der Waals surface area contributed by atoms with Crippen LogP contribution in [0, 0.1) is 0 Å². The van der Waals surface area contributed by atoms with Crippen molar-refractivity contribution in [2.24, 2.45) is 0 Å². The Balaban J connectivity index is 2.75. The Kier molecular flexibility index (Phi) is 5.71. The second kappa shape index (κ2) is 7.28. The zero-order chi connectivity index (χ0) is 16.0. The molecule has 1 rings (SSSR count). The summed E-state index contributed by atoms with van der Waals surface area (Å²) in [5, 5.41) is 19.9. The molecule has 0 radical (unpaired) electrons. The van der Waals surface area contributed by atoms with Gasteiger partial charge in [-0.25, -0.2) is 4.79 Å². The van der Waals surface area contributed by atoms with Gasteiger partial charge < -0.3 is 20.4 Å². The predicted molar refractivity (Wildman–Crippen MR) is 76.4 cm³/mol. The molecule has 7 heteroatoms. The van der Waals surface area contributed by atoms with E-state index in [2.05, 4.69) is 5.32 Å². The van der Waals surface area contributed by atoms with Gasteiger partial charge in [-0.3, -0.25) is 9.59 Å². The van der Waals surface area contributed by atoms with E-state index in [1.54, 1.807) is 12.1 Å². The SMILES string of the molecule is CC(C)c1ccc(NC(=O)N(CC(=O)O)CC(=O)O)cc1. The lowest BCUT2D eigenvalue weighted by molar-refractivity contribution is -0.140. The van der Waals surface area contributed by atoms with Crippen molar-refractivity contribution >= 4 is 23.7 Å². The van der Waals surface area contributed by atoms with Crippen LogP contribution >= 0.6 is 0 Å². The Hall–Kier alpha value is -2.57. The van der Waals surface area contributed by atoms with E-state index in [4.69, 9.17) is 10.2 Å². The van der Waals surface area contributed by atoms with Crippen molar-refractivity contribution in [2.75, 3.05) is 18.4 Å². The minimum absolute atomic E-state index is 0.352. The largest absolute Gasteiger partial charge is 0.480 e. The number of nitrogens with one attached hydrogen (secondary N) is 1. The van der Waals surface area contributed by atoms with Crippen LogP contribution in [0.15, 0.2) is 24.3 Å². The summed E-state index contributed by atoms with van der Waals surface area (Å²) in [6.07, 6.45) is 0. The van der Waals surface area contributed by atoms with E-state index < -0.39 is 31.1 Å². The number of benzene rings is 1. The first-order valence-corrected chi connectivity index (χ1v) is 6.39. The summed E-state index contributed by atoms with van der Waals surface area (Å²) in [5.41, 5.74) is 1.58. The van der Waals surface area contributed by atoms with Crippen LogP contribution in [0.25, 0.3) is 0 Å². The molecule has 0 aliphatic rings. The zero-order valence-electron chi connectivity index (χ0n) is 11.9. The molecule has 114 valence electrons. The minimum Gasteiger partial charge on any atom is -0.480 e. The molecule has 2 amide bonds. The van der Waals surface area contributed by atoms with Crippen LogP contribution in [-0.2, 0) is 9.59 Å². The average molecular weight is 294 g/mol. The lowest BCUT2D eigenvalue weighted by Gasteiger charge is -2.19. The molecule has 0 atom stereocenters. The first-order valence-electron chi connectivity index (χ1n) is 6.39. The van der Waals surface area contributed by atoms with Crippen LogP contribution in [0.2, 0.25) is 0 Å². The number of aliphatic carboxylic acids is 2.